The largest absolute Gasteiger partial charge is 0.492 e. The summed E-state index contributed by atoms with van der Waals surface area (Å²) in [5.41, 5.74) is 7.24. The van der Waals surface area contributed by atoms with Crippen LogP contribution in [-0.2, 0) is 0 Å². The third-order valence-electron chi connectivity index (χ3n) is 2.81. The van der Waals surface area contributed by atoms with Crippen LogP contribution in [0.25, 0.3) is 0 Å². The average Bonchev–Trinajstić information content (AvgIpc) is 2.52. The van der Waals surface area contributed by atoms with E-state index in [-0.39, 0.29) is 6.04 Å². The van der Waals surface area contributed by atoms with Crippen molar-refractivity contribution in [3.8, 4) is 5.75 Å². The molecule has 0 amide bonds. The van der Waals surface area contributed by atoms with Crippen molar-refractivity contribution in [3.63, 3.8) is 0 Å². The number of thioether (sulfide) groups is 1. The minimum absolute atomic E-state index is 0.0436. The summed E-state index contributed by atoms with van der Waals surface area (Å²) in [6.45, 7) is 2.79. The van der Waals surface area contributed by atoms with Crippen molar-refractivity contribution in [2.75, 3.05) is 12.4 Å². The predicted octanol–water partition coefficient (Wildman–Crippen LogP) is 3.66. The van der Waals surface area contributed by atoms with Gasteiger partial charge in [0.15, 0.2) is 0 Å². The van der Waals surface area contributed by atoms with Crippen LogP contribution in [0.3, 0.4) is 0 Å². The SMILES string of the molecule is CCCOc1cncc(C(N)CSc2ccccc2)c1. The summed E-state index contributed by atoms with van der Waals surface area (Å²) in [6.07, 6.45) is 4.53. The highest BCUT2D eigenvalue weighted by atomic mass is 32.2. The van der Waals surface area contributed by atoms with E-state index in [9.17, 15) is 0 Å². The van der Waals surface area contributed by atoms with Crippen molar-refractivity contribution in [2.45, 2.75) is 24.3 Å². The van der Waals surface area contributed by atoms with Gasteiger partial charge < -0.3 is 10.5 Å². The van der Waals surface area contributed by atoms with Gasteiger partial charge in [-0.15, -0.1) is 11.8 Å². The summed E-state index contributed by atoms with van der Waals surface area (Å²) in [5, 5.41) is 0. The Balaban J connectivity index is 1.93. The quantitative estimate of drug-likeness (QED) is 0.790. The van der Waals surface area contributed by atoms with E-state index >= 15 is 0 Å². The van der Waals surface area contributed by atoms with Gasteiger partial charge in [0.2, 0.25) is 0 Å². The maximum atomic E-state index is 6.22. The molecule has 3 nitrogen and oxygen atoms in total. The number of benzene rings is 1. The van der Waals surface area contributed by atoms with Gasteiger partial charge in [0, 0.05) is 22.9 Å². The first-order valence-corrected chi connectivity index (χ1v) is 7.79. The van der Waals surface area contributed by atoms with Crippen LogP contribution in [0.4, 0.5) is 0 Å². The molecule has 2 aromatic rings. The van der Waals surface area contributed by atoms with Gasteiger partial charge >= 0.3 is 0 Å². The van der Waals surface area contributed by atoms with Gasteiger partial charge in [-0.25, -0.2) is 0 Å². The minimum atomic E-state index is -0.0436. The van der Waals surface area contributed by atoms with Gasteiger partial charge in [0.1, 0.15) is 5.75 Å². The van der Waals surface area contributed by atoms with Crippen LogP contribution in [0.1, 0.15) is 24.9 Å². The second-order valence-corrected chi connectivity index (χ2v) is 5.63. The highest BCUT2D eigenvalue weighted by Crippen LogP contribution is 2.24. The number of aromatic nitrogens is 1. The van der Waals surface area contributed by atoms with Crippen LogP contribution in [0, 0.1) is 0 Å². The van der Waals surface area contributed by atoms with E-state index in [0.29, 0.717) is 6.61 Å². The first-order chi connectivity index (χ1) is 9.79. The Hall–Kier alpha value is -1.52. The zero-order valence-corrected chi connectivity index (χ0v) is 12.5. The number of nitrogens with two attached hydrogens (primary N) is 1. The van der Waals surface area contributed by atoms with E-state index in [1.165, 1.54) is 4.90 Å². The van der Waals surface area contributed by atoms with Crippen molar-refractivity contribution >= 4 is 11.8 Å². The molecule has 1 aromatic heterocycles. The summed E-state index contributed by atoms with van der Waals surface area (Å²) in [6, 6.07) is 12.2. The van der Waals surface area contributed by atoms with Crippen LogP contribution >= 0.6 is 11.8 Å². The predicted molar refractivity (Wildman–Crippen MR) is 84.1 cm³/mol. The lowest BCUT2D eigenvalue weighted by Gasteiger charge is -2.13. The zero-order chi connectivity index (χ0) is 14.2. The number of hydrogen-bond acceptors (Lipinski definition) is 4. The molecule has 4 heteroatoms. The molecule has 1 aromatic carbocycles. The zero-order valence-electron chi connectivity index (χ0n) is 11.7. The smallest absolute Gasteiger partial charge is 0.137 e. The van der Waals surface area contributed by atoms with Crippen LogP contribution < -0.4 is 10.5 Å². The Morgan fingerprint density at radius 1 is 1.25 bits per heavy atom. The van der Waals surface area contributed by atoms with Crippen molar-refractivity contribution in [3.05, 3.63) is 54.4 Å². The molecule has 0 aliphatic heterocycles. The fourth-order valence-corrected chi connectivity index (χ4v) is 2.65. The fourth-order valence-electron chi connectivity index (χ4n) is 1.74. The van der Waals surface area contributed by atoms with E-state index in [0.717, 1.165) is 23.5 Å². The fraction of sp³-hybridized carbons (Fsp3) is 0.312. The lowest BCUT2D eigenvalue weighted by atomic mass is 10.1. The van der Waals surface area contributed by atoms with E-state index in [4.69, 9.17) is 10.5 Å². The number of ether oxygens (including phenoxy) is 1. The molecule has 0 aliphatic carbocycles. The molecule has 1 unspecified atom stereocenters. The van der Waals surface area contributed by atoms with Crippen molar-refractivity contribution in [1.29, 1.82) is 0 Å². The third-order valence-corrected chi connectivity index (χ3v) is 3.94. The van der Waals surface area contributed by atoms with Gasteiger partial charge in [-0.05, 0) is 30.2 Å². The van der Waals surface area contributed by atoms with E-state index in [1.54, 1.807) is 18.0 Å². The molecule has 1 heterocycles. The topological polar surface area (TPSA) is 48.1 Å². The monoisotopic (exact) mass is 288 g/mol. The molecule has 106 valence electrons. The first-order valence-electron chi connectivity index (χ1n) is 6.80. The highest BCUT2D eigenvalue weighted by molar-refractivity contribution is 7.99. The summed E-state index contributed by atoms with van der Waals surface area (Å²) < 4.78 is 5.58. The normalized spacial score (nSPS) is 12.1. The van der Waals surface area contributed by atoms with Crippen molar-refractivity contribution in [1.82, 2.24) is 4.98 Å². The second-order valence-electron chi connectivity index (χ2n) is 4.53. The summed E-state index contributed by atoms with van der Waals surface area (Å²) >= 11 is 1.75. The lowest BCUT2D eigenvalue weighted by Crippen LogP contribution is -2.13. The third kappa shape index (κ3) is 4.54. The van der Waals surface area contributed by atoms with Gasteiger partial charge in [-0.2, -0.15) is 0 Å². The molecule has 2 rings (SSSR count). The molecule has 20 heavy (non-hydrogen) atoms. The maximum absolute atomic E-state index is 6.22. The Kier molecular flexibility index (Phi) is 5.89. The molecule has 2 N–H and O–H groups in total. The van der Waals surface area contributed by atoms with E-state index < -0.39 is 0 Å². The van der Waals surface area contributed by atoms with Gasteiger partial charge in [0.05, 0.1) is 12.8 Å². The van der Waals surface area contributed by atoms with Gasteiger partial charge in [0.25, 0.3) is 0 Å². The van der Waals surface area contributed by atoms with Crippen LogP contribution in [-0.4, -0.2) is 17.3 Å². The van der Waals surface area contributed by atoms with Crippen molar-refractivity contribution < 1.29 is 4.74 Å². The summed E-state index contributed by atoms with van der Waals surface area (Å²) in [5.74, 6) is 1.62. The standard InChI is InChI=1S/C16H20N2OS/c1-2-8-19-14-9-13(10-18-11-14)16(17)12-20-15-6-4-3-5-7-15/h3-7,9-11,16H,2,8,12,17H2,1H3. The molecule has 0 aliphatic rings. The minimum Gasteiger partial charge on any atom is -0.492 e. The Bertz CT molecular complexity index is 519. The van der Waals surface area contributed by atoms with Crippen LogP contribution in [0.5, 0.6) is 5.75 Å². The van der Waals surface area contributed by atoms with Crippen LogP contribution in [0.15, 0.2) is 53.7 Å². The van der Waals surface area contributed by atoms with E-state index in [1.807, 2.05) is 30.5 Å². The second kappa shape index (κ2) is 7.92. The number of nitrogens with zero attached hydrogens (tertiary/aromatic N) is 1. The molecule has 0 spiro atoms. The molecular formula is C16H20N2OS. The molecule has 0 radical (unpaired) electrons. The van der Waals surface area contributed by atoms with Crippen molar-refractivity contribution in [2.24, 2.45) is 5.73 Å². The summed E-state index contributed by atoms with van der Waals surface area (Å²) in [4.78, 5) is 5.43. The molecule has 0 saturated heterocycles. The summed E-state index contributed by atoms with van der Waals surface area (Å²) in [7, 11) is 0. The number of pyridine rings is 1. The Morgan fingerprint density at radius 3 is 2.80 bits per heavy atom. The highest BCUT2D eigenvalue weighted by Gasteiger charge is 2.08. The van der Waals surface area contributed by atoms with Gasteiger partial charge in [-0.3, -0.25) is 4.98 Å². The Labute approximate surface area is 124 Å². The molecular weight excluding hydrogens is 268 g/mol. The van der Waals surface area contributed by atoms with E-state index in [2.05, 4.69) is 24.0 Å². The lowest BCUT2D eigenvalue weighted by molar-refractivity contribution is 0.315. The average molecular weight is 288 g/mol. The Morgan fingerprint density at radius 2 is 2.05 bits per heavy atom. The number of hydrogen-bond donors (Lipinski definition) is 1. The molecule has 0 saturated carbocycles. The molecule has 1 atom stereocenters. The molecule has 0 bridgehead atoms. The van der Waals surface area contributed by atoms with Crippen LogP contribution in [0.2, 0.25) is 0 Å². The molecule has 0 fully saturated rings. The maximum Gasteiger partial charge on any atom is 0.137 e. The van der Waals surface area contributed by atoms with Gasteiger partial charge in [-0.1, -0.05) is 25.1 Å². The number of rotatable bonds is 7. The first kappa shape index (κ1) is 14.9.